The lowest BCUT2D eigenvalue weighted by Crippen LogP contribution is -2.22. The minimum atomic E-state index is 0.122. The van der Waals surface area contributed by atoms with Gasteiger partial charge >= 0.3 is 0 Å². The zero-order valence-electron chi connectivity index (χ0n) is 9.00. The third-order valence-electron chi connectivity index (χ3n) is 2.61. The minimum absolute atomic E-state index is 0.122. The number of aromatic nitrogens is 1. The standard InChI is InChI=1S/C11H13BrN2OS/c1-7-9(2-3-10(12)13-7)14-11(15)8-4-5-16-6-8/h2-3,8H,4-6H2,1H3,(H,14,15). The molecule has 1 saturated heterocycles. The largest absolute Gasteiger partial charge is 0.324 e. The Labute approximate surface area is 108 Å². The Bertz CT molecular complexity index is 405. The molecule has 16 heavy (non-hydrogen) atoms. The maximum Gasteiger partial charge on any atom is 0.228 e. The van der Waals surface area contributed by atoms with Crippen molar-refractivity contribution < 1.29 is 4.79 Å². The van der Waals surface area contributed by atoms with Gasteiger partial charge in [0.05, 0.1) is 11.4 Å². The Balaban J connectivity index is 2.05. The number of carbonyl (C=O) groups excluding carboxylic acids is 1. The van der Waals surface area contributed by atoms with Gasteiger partial charge in [0.2, 0.25) is 5.91 Å². The van der Waals surface area contributed by atoms with E-state index in [9.17, 15) is 4.79 Å². The van der Waals surface area contributed by atoms with Crippen LogP contribution in [0.1, 0.15) is 12.1 Å². The van der Waals surface area contributed by atoms with Gasteiger partial charge in [0.1, 0.15) is 4.60 Å². The van der Waals surface area contributed by atoms with E-state index >= 15 is 0 Å². The van der Waals surface area contributed by atoms with Gasteiger partial charge in [-0.15, -0.1) is 0 Å². The van der Waals surface area contributed by atoms with E-state index in [1.165, 1.54) is 0 Å². The Morgan fingerprint density at radius 1 is 1.62 bits per heavy atom. The highest BCUT2D eigenvalue weighted by Crippen LogP contribution is 2.25. The average Bonchev–Trinajstić information content (AvgIpc) is 2.75. The second kappa shape index (κ2) is 5.19. The Hall–Kier alpha value is -0.550. The smallest absolute Gasteiger partial charge is 0.228 e. The maximum absolute atomic E-state index is 11.9. The molecule has 5 heteroatoms. The fraction of sp³-hybridized carbons (Fsp3) is 0.455. The maximum atomic E-state index is 11.9. The highest BCUT2D eigenvalue weighted by atomic mass is 79.9. The molecule has 1 aromatic rings. The number of hydrogen-bond acceptors (Lipinski definition) is 3. The van der Waals surface area contributed by atoms with Crippen molar-refractivity contribution in [1.29, 1.82) is 0 Å². The first-order chi connectivity index (χ1) is 7.66. The van der Waals surface area contributed by atoms with E-state index in [4.69, 9.17) is 0 Å². The summed E-state index contributed by atoms with van der Waals surface area (Å²) < 4.78 is 0.791. The number of rotatable bonds is 2. The number of amides is 1. The molecule has 1 aliphatic heterocycles. The van der Waals surface area contributed by atoms with Crippen LogP contribution in [-0.2, 0) is 4.79 Å². The molecule has 0 radical (unpaired) electrons. The molecule has 1 fully saturated rings. The van der Waals surface area contributed by atoms with Crippen LogP contribution < -0.4 is 5.32 Å². The van der Waals surface area contributed by atoms with Gasteiger partial charge in [0.15, 0.2) is 0 Å². The van der Waals surface area contributed by atoms with Crippen LogP contribution in [0.2, 0.25) is 0 Å². The van der Waals surface area contributed by atoms with Crippen molar-refractivity contribution in [2.45, 2.75) is 13.3 Å². The Morgan fingerprint density at radius 2 is 2.44 bits per heavy atom. The molecule has 2 heterocycles. The van der Waals surface area contributed by atoms with E-state index in [1.807, 2.05) is 30.8 Å². The number of thioether (sulfide) groups is 1. The first kappa shape index (κ1) is 11.9. The van der Waals surface area contributed by atoms with Gasteiger partial charge in [-0.1, -0.05) is 0 Å². The lowest BCUT2D eigenvalue weighted by atomic mass is 10.1. The summed E-state index contributed by atoms with van der Waals surface area (Å²) >= 11 is 5.15. The summed E-state index contributed by atoms with van der Waals surface area (Å²) in [6, 6.07) is 3.72. The lowest BCUT2D eigenvalue weighted by Gasteiger charge is -2.11. The number of halogens is 1. The van der Waals surface area contributed by atoms with Crippen LogP contribution in [0.3, 0.4) is 0 Å². The van der Waals surface area contributed by atoms with E-state index in [2.05, 4.69) is 26.2 Å². The quantitative estimate of drug-likeness (QED) is 0.854. The molecule has 1 aliphatic rings. The molecule has 1 amide bonds. The molecule has 0 saturated carbocycles. The monoisotopic (exact) mass is 300 g/mol. The predicted octanol–water partition coefficient (Wildman–Crippen LogP) is 2.84. The highest BCUT2D eigenvalue weighted by molar-refractivity contribution is 9.10. The van der Waals surface area contributed by atoms with Gasteiger partial charge in [-0.2, -0.15) is 11.8 Å². The van der Waals surface area contributed by atoms with Crippen LogP contribution in [0, 0.1) is 12.8 Å². The molecular formula is C11H13BrN2OS. The van der Waals surface area contributed by atoms with Crippen LogP contribution in [-0.4, -0.2) is 22.4 Å². The van der Waals surface area contributed by atoms with Crippen molar-refractivity contribution in [1.82, 2.24) is 4.98 Å². The first-order valence-corrected chi connectivity index (χ1v) is 7.13. The third kappa shape index (κ3) is 2.77. The molecule has 0 spiro atoms. The predicted molar refractivity (Wildman–Crippen MR) is 70.7 cm³/mol. The lowest BCUT2D eigenvalue weighted by molar-refractivity contribution is -0.119. The molecule has 86 valence electrons. The van der Waals surface area contributed by atoms with Crippen molar-refractivity contribution in [3.63, 3.8) is 0 Å². The molecule has 2 rings (SSSR count). The van der Waals surface area contributed by atoms with Crippen LogP contribution in [0.25, 0.3) is 0 Å². The van der Waals surface area contributed by atoms with Gasteiger partial charge in [0, 0.05) is 11.7 Å². The van der Waals surface area contributed by atoms with Crippen LogP contribution in [0.15, 0.2) is 16.7 Å². The first-order valence-electron chi connectivity index (χ1n) is 5.18. The number of nitrogens with one attached hydrogen (secondary N) is 1. The number of nitrogens with zero attached hydrogens (tertiary/aromatic N) is 1. The third-order valence-corrected chi connectivity index (χ3v) is 4.21. The molecule has 1 atom stereocenters. The van der Waals surface area contributed by atoms with Gasteiger partial charge in [-0.25, -0.2) is 4.98 Å². The molecular weight excluding hydrogens is 288 g/mol. The van der Waals surface area contributed by atoms with Gasteiger partial charge in [-0.3, -0.25) is 4.79 Å². The molecule has 1 N–H and O–H groups in total. The second-order valence-corrected chi connectivity index (χ2v) is 5.78. The van der Waals surface area contributed by atoms with Crippen molar-refractivity contribution in [2.75, 3.05) is 16.8 Å². The molecule has 0 bridgehead atoms. The topological polar surface area (TPSA) is 42.0 Å². The molecule has 1 unspecified atom stereocenters. The second-order valence-electron chi connectivity index (χ2n) is 3.82. The van der Waals surface area contributed by atoms with Crippen molar-refractivity contribution in [3.8, 4) is 0 Å². The summed E-state index contributed by atoms with van der Waals surface area (Å²) in [5.74, 6) is 2.31. The summed E-state index contributed by atoms with van der Waals surface area (Å²) in [5, 5.41) is 2.94. The van der Waals surface area contributed by atoms with Crippen LogP contribution >= 0.6 is 27.7 Å². The van der Waals surface area contributed by atoms with Gasteiger partial charge in [-0.05, 0) is 47.2 Å². The zero-order valence-corrected chi connectivity index (χ0v) is 11.4. The van der Waals surface area contributed by atoms with E-state index in [0.717, 1.165) is 33.9 Å². The molecule has 0 aliphatic carbocycles. The van der Waals surface area contributed by atoms with E-state index < -0.39 is 0 Å². The van der Waals surface area contributed by atoms with Gasteiger partial charge in [0.25, 0.3) is 0 Å². The van der Waals surface area contributed by atoms with Crippen molar-refractivity contribution >= 4 is 39.3 Å². The number of hydrogen-bond donors (Lipinski definition) is 1. The van der Waals surface area contributed by atoms with E-state index in [-0.39, 0.29) is 11.8 Å². The fourth-order valence-electron chi connectivity index (χ4n) is 1.64. The van der Waals surface area contributed by atoms with Crippen LogP contribution in [0.5, 0.6) is 0 Å². The SMILES string of the molecule is Cc1nc(Br)ccc1NC(=O)C1CCSC1. The van der Waals surface area contributed by atoms with Crippen molar-refractivity contribution in [2.24, 2.45) is 5.92 Å². The fourth-order valence-corrected chi connectivity index (χ4v) is 3.26. The average molecular weight is 301 g/mol. The normalized spacial score (nSPS) is 19.8. The molecule has 1 aromatic heterocycles. The van der Waals surface area contributed by atoms with E-state index in [0.29, 0.717) is 0 Å². The number of pyridine rings is 1. The minimum Gasteiger partial charge on any atom is -0.324 e. The summed E-state index contributed by atoms with van der Waals surface area (Å²) in [6.07, 6.45) is 0.986. The van der Waals surface area contributed by atoms with Crippen molar-refractivity contribution in [3.05, 3.63) is 22.4 Å². The molecule has 0 aromatic carbocycles. The summed E-state index contributed by atoms with van der Waals surface area (Å²) in [6.45, 7) is 1.89. The Morgan fingerprint density at radius 3 is 3.06 bits per heavy atom. The van der Waals surface area contributed by atoms with E-state index in [1.54, 1.807) is 0 Å². The number of aryl methyl sites for hydroxylation is 1. The van der Waals surface area contributed by atoms with Gasteiger partial charge < -0.3 is 5.32 Å². The summed E-state index contributed by atoms with van der Waals surface area (Å²) in [7, 11) is 0. The summed E-state index contributed by atoms with van der Waals surface area (Å²) in [5.41, 5.74) is 1.65. The molecule has 3 nitrogen and oxygen atoms in total. The number of anilines is 1. The zero-order chi connectivity index (χ0) is 11.5. The highest BCUT2D eigenvalue weighted by Gasteiger charge is 2.23. The summed E-state index contributed by atoms with van der Waals surface area (Å²) in [4.78, 5) is 16.1. The Kier molecular flexibility index (Phi) is 3.86. The number of carbonyl (C=O) groups is 1. The van der Waals surface area contributed by atoms with Crippen LogP contribution in [0.4, 0.5) is 5.69 Å².